The maximum absolute atomic E-state index is 13.9. The fourth-order valence-electron chi connectivity index (χ4n) is 2.29. The van der Waals surface area contributed by atoms with Gasteiger partial charge in [0.2, 0.25) is 0 Å². The molecule has 0 spiro atoms. The number of amides is 1. The van der Waals surface area contributed by atoms with Gasteiger partial charge in [-0.25, -0.2) is 9.18 Å². The lowest BCUT2D eigenvalue weighted by Gasteiger charge is -2.14. The molecule has 0 aliphatic rings. The molecule has 0 saturated carbocycles. The molecule has 7 heteroatoms. The maximum atomic E-state index is 13.9. The average Bonchev–Trinajstić information content (AvgIpc) is 2.55. The van der Waals surface area contributed by atoms with Crippen LogP contribution in [0.1, 0.15) is 23.6 Å². The minimum atomic E-state index is -3.29. The number of ether oxygens (including phenoxy) is 2. The summed E-state index contributed by atoms with van der Waals surface area (Å²) in [5, 5.41) is 1.98. The van der Waals surface area contributed by atoms with Crippen LogP contribution in [0.4, 0.5) is 23.7 Å². The molecule has 1 N–H and O–H groups in total. The number of halogens is 3. The van der Waals surface area contributed by atoms with Gasteiger partial charge in [0.25, 0.3) is 0 Å². The van der Waals surface area contributed by atoms with Gasteiger partial charge in [-0.15, -0.1) is 0 Å². The molecule has 2 aromatic carbocycles. The smallest absolute Gasteiger partial charge is 0.416 e. The van der Waals surface area contributed by atoms with E-state index in [0.29, 0.717) is 11.3 Å². The van der Waals surface area contributed by atoms with E-state index < -0.39 is 18.5 Å². The first-order valence-electron chi connectivity index (χ1n) is 7.66. The SMILES string of the molecule is CCc1ccc(OCc2cccc(F)c2NC(=O)OC(F)F)c(C)c1. The summed E-state index contributed by atoms with van der Waals surface area (Å²) in [5.74, 6) is -0.159. The summed E-state index contributed by atoms with van der Waals surface area (Å²) in [4.78, 5) is 11.3. The third-order valence-corrected chi connectivity index (χ3v) is 3.55. The zero-order chi connectivity index (χ0) is 18.4. The van der Waals surface area contributed by atoms with Crippen molar-refractivity contribution in [2.75, 3.05) is 5.32 Å². The van der Waals surface area contributed by atoms with Crippen LogP contribution in [-0.2, 0) is 17.8 Å². The van der Waals surface area contributed by atoms with Crippen molar-refractivity contribution in [3.8, 4) is 5.75 Å². The number of hydrogen-bond acceptors (Lipinski definition) is 3. The Hall–Kier alpha value is -2.70. The third kappa shape index (κ3) is 5.14. The van der Waals surface area contributed by atoms with Gasteiger partial charge < -0.3 is 9.47 Å². The number of nitrogens with one attached hydrogen (secondary N) is 1. The molecule has 0 aliphatic heterocycles. The van der Waals surface area contributed by atoms with Crippen LogP contribution in [0.5, 0.6) is 5.75 Å². The maximum Gasteiger partial charge on any atom is 0.416 e. The number of alkyl halides is 2. The van der Waals surface area contributed by atoms with Crippen molar-refractivity contribution in [1.82, 2.24) is 0 Å². The van der Waals surface area contributed by atoms with Crippen LogP contribution in [0.15, 0.2) is 36.4 Å². The summed E-state index contributed by atoms with van der Waals surface area (Å²) in [5.41, 5.74) is 2.12. The monoisotopic (exact) mass is 353 g/mol. The van der Waals surface area contributed by atoms with Crippen molar-refractivity contribution in [2.45, 2.75) is 33.5 Å². The largest absolute Gasteiger partial charge is 0.489 e. The zero-order valence-corrected chi connectivity index (χ0v) is 13.8. The molecule has 0 aromatic heterocycles. The number of anilines is 1. The molecule has 0 bridgehead atoms. The van der Waals surface area contributed by atoms with Gasteiger partial charge in [0.1, 0.15) is 18.2 Å². The number of aryl methyl sites for hydroxylation is 2. The van der Waals surface area contributed by atoms with E-state index in [-0.39, 0.29) is 12.3 Å². The number of carbonyl (C=O) groups excluding carboxylic acids is 1. The van der Waals surface area contributed by atoms with E-state index >= 15 is 0 Å². The first kappa shape index (κ1) is 18.6. The molecular weight excluding hydrogens is 335 g/mol. The van der Waals surface area contributed by atoms with Gasteiger partial charge in [-0.3, -0.25) is 5.32 Å². The average molecular weight is 353 g/mol. The zero-order valence-electron chi connectivity index (χ0n) is 13.8. The Morgan fingerprint density at radius 2 is 2.00 bits per heavy atom. The van der Waals surface area contributed by atoms with Crippen LogP contribution in [0.3, 0.4) is 0 Å². The molecule has 0 radical (unpaired) electrons. The van der Waals surface area contributed by atoms with E-state index in [2.05, 4.69) is 4.74 Å². The second-order valence-corrected chi connectivity index (χ2v) is 5.31. The van der Waals surface area contributed by atoms with Crippen molar-refractivity contribution in [1.29, 1.82) is 0 Å². The molecule has 25 heavy (non-hydrogen) atoms. The van der Waals surface area contributed by atoms with Gasteiger partial charge in [-0.2, -0.15) is 8.78 Å². The van der Waals surface area contributed by atoms with Gasteiger partial charge in [0, 0.05) is 5.56 Å². The van der Waals surface area contributed by atoms with Crippen molar-refractivity contribution >= 4 is 11.8 Å². The highest BCUT2D eigenvalue weighted by Gasteiger charge is 2.16. The molecule has 0 unspecified atom stereocenters. The fourth-order valence-corrected chi connectivity index (χ4v) is 2.29. The van der Waals surface area contributed by atoms with E-state index in [1.807, 2.05) is 37.4 Å². The molecule has 0 fully saturated rings. The number of carbonyl (C=O) groups is 1. The standard InChI is InChI=1S/C18H18F3NO3/c1-3-12-7-8-15(11(2)9-12)24-10-13-5-4-6-14(19)16(13)22-18(23)25-17(20)21/h4-9,17H,3,10H2,1-2H3,(H,22,23). The number of para-hydroxylation sites is 1. The number of hydrogen-bond donors (Lipinski definition) is 1. The van der Waals surface area contributed by atoms with E-state index in [9.17, 15) is 18.0 Å². The predicted octanol–water partition coefficient (Wildman–Crippen LogP) is 5.05. The molecule has 1 amide bonds. The summed E-state index contributed by atoms with van der Waals surface area (Å²) in [7, 11) is 0. The minimum Gasteiger partial charge on any atom is -0.489 e. The van der Waals surface area contributed by atoms with E-state index in [1.165, 1.54) is 12.1 Å². The van der Waals surface area contributed by atoms with Crippen molar-refractivity contribution in [3.63, 3.8) is 0 Å². The topological polar surface area (TPSA) is 47.6 Å². The summed E-state index contributed by atoms with van der Waals surface area (Å²) >= 11 is 0. The summed E-state index contributed by atoms with van der Waals surface area (Å²) in [6.45, 7) is 0.595. The van der Waals surface area contributed by atoms with E-state index in [1.54, 1.807) is 0 Å². The Kier molecular flexibility index (Phi) is 6.27. The van der Waals surface area contributed by atoms with Gasteiger partial charge in [-0.05, 0) is 36.6 Å². The molecule has 0 saturated heterocycles. The molecular formula is C18H18F3NO3. The molecule has 0 atom stereocenters. The third-order valence-electron chi connectivity index (χ3n) is 3.55. The highest BCUT2D eigenvalue weighted by atomic mass is 19.3. The van der Waals surface area contributed by atoms with Crippen LogP contribution in [0, 0.1) is 12.7 Å². The van der Waals surface area contributed by atoms with Gasteiger partial charge >= 0.3 is 12.7 Å². The number of benzene rings is 2. The Bertz CT molecular complexity index is 750. The summed E-state index contributed by atoms with van der Waals surface area (Å²) < 4.78 is 47.4. The second-order valence-electron chi connectivity index (χ2n) is 5.31. The van der Waals surface area contributed by atoms with Crippen molar-refractivity contribution in [3.05, 3.63) is 58.9 Å². The van der Waals surface area contributed by atoms with Crippen LogP contribution >= 0.6 is 0 Å². The number of rotatable bonds is 6. The molecule has 0 aliphatic carbocycles. The molecule has 2 aromatic rings. The van der Waals surface area contributed by atoms with Gasteiger partial charge in [0.15, 0.2) is 0 Å². The summed E-state index contributed by atoms with van der Waals surface area (Å²) in [6, 6.07) is 9.78. The van der Waals surface area contributed by atoms with Crippen LogP contribution in [-0.4, -0.2) is 12.7 Å². The molecule has 2 rings (SSSR count). The van der Waals surface area contributed by atoms with Crippen LogP contribution in [0.25, 0.3) is 0 Å². The normalized spacial score (nSPS) is 10.6. The van der Waals surface area contributed by atoms with E-state index in [4.69, 9.17) is 4.74 Å². The van der Waals surface area contributed by atoms with Crippen LogP contribution < -0.4 is 10.1 Å². The van der Waals surface area contributed by atoms with Crippen molar-refractivity contribution < 1.29 is 27.4 Å². The van der Waals surface area contributed by atoms with Crippen molar-refractivity contribution in [2.24, 2.45) is 0 Å². The minimum absolute atomic E-state index is 0.0473. The first-order valence-corrected chi connectivity index (χ1v) is 7.66. The Labute approximate surface area is 143 Å². The van der Waals surface area contributed by atoms with Gasteiger partial charge in [0.05, 0.1) is 5.69 Å². The predicted molar refractivity (Wildman–Crippen MR) is 87.4 cm³/mol. The molecule has 134 valence electrons. The Morgan fingerprint density at radius 1 is 1.24 bits per heavy atom. The summed E-state index contributed by atoms with van der Waals surface area (Å²) in [6.07, 6.45) is -0.546. The van der Waals surface area contributed by atoms with Gasteiger partial charge in [-0.1, -0.05) is 31.2 Å². The quantitative estimate of drug-likeness (QED) is 0.791. The lowest BCUT2D eigenvalue weighted by atomic mass is 10.1. The second kappa shape index (κ2) is 8.41. The highest BCUT2D eigenvalue weighted by molar-refractivity contribution is 5.85. The van der Waals surface area contributed by atoms with E-state index in [0.717, 1.165) is 23.6 Å². The molecule has 4 nitrogen and oxygen atoms in total. The highest BCUT2D eigenvalue weighted by Crippen LogP contribution is 2.25. The lowest BCUT2D eigenvalue weighted by molar-refractivity contribution is -0.0767. The lowest BCUT2D eigenvalue weighted by Crippen LogP contribution is -2.19. The van der Waals surface area contributed by atoms with Crippen LogP contribution in [0.2, 0.25) is 0 Å². The Balaban J connectivity index is 2.14. The first-order chi connectivity index (χ1) is 11.9. The Morgan fingerprint density at radius 3 is 2.64 bits per heavy atom. The fraction of sp³-hybridized carbons (Fsp3) is 0.278. The molecule has 0 heterocycles.